The molecule has 1 fully saturated rings. The summed E-state index contributed by atoms with van der Waals surface area (Å²) in [6.07, 6.45) is 8.00. The van der Waals surface area contributed by atoms with Crippen LogP contribution < -0.4 is 0 Å². The van der Waals surface area contributed by atoms with Crippen molar-refractivity contribution in [2.24, 2.45) is 5.92 Å². The van der Waals surface area contributed by atoms with Crippen LogP contribution in [0.4, 0.5) is 0 Å². The summed E-state index contributed by atoms with van der Waals surface area (Å²) in [6, 6.07) is 11.6. The average molecular weight is 477 g/mol. The fourth-order valence-corrected chi connectivity index (χ4v) is 7.36. The third kappa shape index (κ3) is 7.38. The summed E-state index contributed by atoms with van der Waals surface area (Å²) in [5.41, 5.74) is 1.44. The Kier molecular flexibility index (Phi) is 10.8. The molecule has 1 aromatic rings. The molecule has 152 valence electrons. The fraction of sp³-hybridized carbons (Fsp3) is 0.739. The van der Waals surface area contributed by atoms with Crippen molar-refractivity contribution in [1.29, 1.82) is 0 Å². The SMILES string of the molecule is CCCC(OC)C(CC[CH]([InH2])C1CCN(Cc2ccccc2)C(C)C1)OC. The first-order valence-electron chi connectivity index (χ1n) is 10.9. The summed E-state index contributed by atoms with van der Waals surface area (Å²) in [6.45, 7) is 7.01. The molecule has 0 aromatic heterocycles. The van der Waals surface area contributed by atoms with Crippen molar-refractivity contribution in [3.63, 3.8) is 0 Å². The molecule has 3 nitrogen and oxygen atoms in total. The van der Waals surface area contributed by atoms with E-state index in [0.29, 0.717) is 30.4 Å². The summed E-state index contributed by atoms with van der Waals surface area (Å²) in [5.74, 6) is 0.924. The zero-order valence-electron chi connectivity index (χ0n) is 18.2. The molecule has 1 aliphatic heterocycles. The Balaban J connectivity index is 1.79. The Labute approximate surface area is 181 Å². The van der Waals surface area contributed by atoms with Gasteiger partial charge < -0.3 is 0 Å². The Morgan fingerprint density at radius 3 is 2.33 bits per heavy atom. The van der Waals surface area contributed by atoms with E-state index < -0.39 is 0 Å². The summed E-state index contributed by atoms with van der Waals surface area (Å²) < 4.78 is 12.4. The van der Waals surface area contributed by atoms with Gasteiger partial charge in [0.25, 0.3) is 0 Å². The van der Waals surface area contributed by atoms with E-state index in [4.69, 9.17) is 9.47 Å². The van der Waals surface area contributed by atoms with Gasteiger partial charge in [-0.3, -0.25) is 0 Å². The second-order valence-electron chi connectivity index (χ2n) is 8.48. The van der Waals surface area contributed by atoms with Gasteiger partial charge in [-0.05, 0) is 0 Å². The molecular weight excluding hydrogens is 437 g/mol. The van der Waals surface area contributed by atoms with Crippen molar-refractivity contribution in [3.8, 4) is 0 Å². The number of methoxy groups -OCH3 is 2. The van der Waals surface area contributed by atoms with Crippen molar-refractivity contribution in [2.75, 3.05) is 20.8 Å². The van der Waals surface area contributed by atoms with Gasteiger partial charge in [-0.2, -0.15) is 0 Å². The Morgan fingerprint density at radius 2 is 1.74 bits per heavy atom. The van der Waals surface area contributed by atoms with Gasteiger partial charge in [-0.15, -0.1) is 0 Å². The van der Waals surface area contributed by atoms with Crippen LogP contribution in [0.1, 0.15) is 57.9 Å². The maximum atomic E-state index is 5.79. The second kappa shape index (κ2) is 12.5. The Bertz CT molecular complexity index is 512. The molecule has 1 saturated heterocycles. The molecule has 0 spiro atoms. The molecule has 1 aromatic carbocycles. The van der Waals surface area contributed by atoms with Crippen molar-refractivity contribution in [1.82, 2.24) is 4.90 Å². The third-order valence-corrected chi connectivity index (χ3v) is 10.9. The van der Waals surface area contributed by atoms with Crippen molar-refractivity contribution < 1.29 is 9.47 Å². The van der Waals surface area contributed by atoms with Gasteiger partial charge in [0.05, 0.1) is 0 Å². The normalized spacial score (nSPS) is 24.4. The molecule has 5 unspecified atom stereocenters. The van der Waals surface area contributed by atoms with Crippen molar-refractivity contribution >= 4 is 24.4 Å². The van der Waals surface area contributed by atoms with Crippen LogP contribution in [-0.4, -0.2) is 68.3 Å². The van der Waals surface area contributed by atoms with Crippen molar-refractivity contribution in [3.05, 3.63) is 35.9 Å². The first-order chi connectivity index (χ1) is 13.1. The number of benzene rings is 1. The van der Waals surface area contributed by atoms with Crippen LogP contribution >= 0.6 is 0 Å². The molecule has 0 saturated carbocycles. The molecule has 0 amide bonds. The molecule has 2 rings (SSSR count). The summed E-state index contributed by atoms with van der Waals surface area (Å²) in [4.78, 5) is 2.67. The predicted octanol–water partition coefficient (Wildman–Crippen LogP) is 4.32. The van der Waals surface area contributed by atoms with E-state index in [1.165, 1.54) is 31.4 Å². The number of ether oxygens (including phenoxy) is 2. The molecule has 0 aliphatic carbocycles. The quantitative estimate of drug-likeness (QED) is 0.474. The first kappa shape index (κ1) is 23.3. The molecule has 27 heavy (non-hydrogen) atoms. The number of rotatable bonds is 11. The standard InChI is InChI=1S/C23H38NO2.In.2H/c1-5-10-22(25-3)23(26-4)14-9-13-20-15-16-24(19(2)17-20)18-21-11-7-6-8-12-21;;;/h6-8,11-13,19-20,22-23H,5,9-10,14-18H2,1-4H3;;;. The minimum atomic E-state index is 0.258. The van der Waals surface area contributed by atoms with Gasteiger partial charge in [0.1, 0.15) is 0 Å². The van der Waals surface area contributed by atoms with Crippen LogP contribution in [0, 0.1) is 5.92 Å². The van der Waals surface area contributed by atoms with Crippen LogP contribution in [0.25, 0.3) is 0 Å². The van der Waals surface area contributed by atoms with E-state index in [1.807, 2.05) is 14.2 Å². The van der Waals surface area contributed by atoms with Gasteiger partial charge in [0.2, 0.25) is 0 Å². The van der Waals surface area contributed by atoms with E-state index in [1.54, 1.807) is 0 Å². The van der Waals surface area contributed by atoms with E-state index in [-0.39, 0.29) is 12.2 Å². The average Bonchev–Trinajstić information content (AvgIpc) is 2.69. The van der Waals surface area contributed by atoms with Crippen molar-refractivity contribution in [2.45, 2.75) is 80.8 Å². The summed E-state index contributed by atoms with van der Waals surface area (Å²) >= 11 is 0.692. The van der Waals surface area contributed by atoms with Gasteiger partial charge in [-0.25, -0.2) is 0 Å². The first-order valence-corrected chi connectivity index (χ1v) is 14.2. The van der Waals surface area contributed by atoms with Gasteiger partial charge in [0, 0.05) is 0 Å². The van der Waals surface area contributed by atoms with Crippen LogP contribution in [0.15, 0.2) is 30.3 Å². The van der Waals surface area contributed by atoms with Gasteiger partial charge in [0.15, 0.2) is 0 Å². The molecule has 4 heteroatoms. The Hall–Kier alpha value is -0.0299. The number of hydrogen-bond donors (Lipinski definition) is 0. The predicted molar refractivity (Wildman–Crippen MR) is 117 cm³/mol. The molecule has 0 N–H and O–H groups in total. The van der Waals surface area contributed by atoms with E-state index in [9.17, 15) is 0 Å². The van der Waals surface area contributed by atoms with Crippen LogP contribution in [0.2, 0.25) is 3.67 Å². The second-order valence-corrected chi connectivity index (χ2v) is 12.7. The monoisotopic (exact) mass is 477 g/mol. The van der Waals surface area contributed by atoms with E-state index >= 15 is 0 Å². The number of piperidine rings is 1. The topological polar surface area (TPSA) is 21.7 Å². The van der Waals surface area contributed by atoms with Crippen LogP contribution in [0.5, 0.6) is 0 Å². The summed E-state index contributed by atoms with van der Waals surface area (Å²) in [5, 5.41) is 0. The molecule has 1 heterocycles. The Morgan fingerprint density at radius 1 is 1.07 bits per heavy atom. The minimum absolute atomic E-state index is 0.258. The molecule has 5 atom stereocenters. The van der Waals surface area contributed by atoms with Gasteiger partial charge in [-0.1, -0.05) is 0 Å². The van der Waals surface area contributed by atoms with Crippen LogP contribution in [-0.2, 0) is 16.0 Å². The zero-order valence-corrected chi connectivity index (χ0v) is 23.9. The van der Waals surface area contributed by atoms with E-state index in [0.717, 1.165) is 35.4 Å². The molecule has 0 radical (unpaired) electrons. The number of likely N-dealkylation sites (tertiary alicyclic amines) is 1. The molecule has 1 aliphatic rings. The summed E-state index contributed by atoms with van der Waals surface area (Å²) in [7, 11) is 3.68. The molecule has 0 bridgehead atoms. The zero-order chi connectivity index (χ0) is 19.6. The molecular formula is C23H40InNO2. The number of nitrogens with zero attached hydrogens (tertiary/aromatic N) is 1. The fourth-order valence-electron chi connectivity index (χ4n) is 4.69. The third-order valence-electron chi connectivity index (χ3n) is 6.59. The van der Waals surface area contributed by atoms with E-state index in [2.05, 4.69) is 49.1 Å². The maximum absolute atomic E-state index is 5.79. The number of hydrogen-bond acceptors (Lipinski definition) is 3. The van der Waals surface area contributed by atoms with Gasteiger partial charge >= 0.3 is 182 Å². The van der Waals surface area contributed by atoms with Crippen LogP contribution in [0.3, 0.4) is 0 Å².